The Bertz CT molecular complexity index is 4610. The van der Waals surface area contributed by atoms with E-state index in [1.54, 1.807) is 42.5 Å². The Balaban J connectivity index is 1.06. The van der Waals surface area contributed by atoms with Crippen molar-refractivity contribution >= 4 is 82.8 Å². The van der Waals surface area contributed by atoms with Crippen molar-refractivity contribution in [3.05, 3.63) is 161 Å². The van der Waals surface area contributed by atoms with Crippen molar-refractivity contribution in [2.75, 3.05) is 26.8 Å². The number of carboxylic acids is 2. The van der Waals surface area contributed by atoms with Crippen LogP contribution in [0.3, 0.4) is 0 Å². The number of aliphatic hydroxyl groups excluding tert-OH is 4. The number of halogens is 2. The number of aryl methyl sites for hydroxylation is 2. The van der Waals surface area contributed by atoms with Crippen LogP contribution in [0.1, 0.15) is 107 Å². The molecule has 13 atom stereocenters. The van der Waals surface area contributed by atoms with Crippen LogP contribution in [0.5, 0.6) is 5.75 Å². The van der Waals surface area contributed by atoms with E-state index < -0.39 is 217 Å². The zero-order valence-electron chi connectivity index (χ0n) is 66.0. The number of aliphatic carboxylic acids is 2. The molecule has 0 aliphatic carbocycles. The lowest BCUT2D eigenvalue weighted by Crippen LogP contribution is -2.67. The van der Waals surface area contributed by atoms with Gasteiger partial charge in [-0.3, -0.25) is 72.1 Å². The summed E-state index contributed by atoms with van der Waals surface area (Å²) >= 11 is 0. The number of hydrogen-bond donors (Lipinski definition) is 18. The second-order valence-electron chi connectivity index (χ2n) is 29.0. The fourth-order valence-corrected chi connectivity index (χ4v) is 13.1. The summed E-state index contributed by atoms with van der Waals surface area (Å²) in [5.41, 5.74) is 6.72. The molecule has 0 saturated carbocycles. The van der Waals surface area contributed by atoms with Crippen molar-refractivity contribution in [2.45, 2.75) is 190 Å². The first kappa shape index (κ1) is 92.5. The maximum atomic E-state index is 15.6. The topological polar surface area (TPSA) is 561 Å². The molecule has 0 unspecified atom stereocenters. The molecule has 118 heavy (non-hydrogen) atoms. The average Bonchev–Trinajstić information content (AvgIpc) is 1.60. The molecule has 38 heteroatoms. The second-order valence-corrected chi connectivity index (χ2v) is 29.0. The SMILES string of the molecule is CCc1cc(OC)ccc1-c1ccc(C[C@H](NC(=O)[C@H](CC(=O)O)NC(=O)[C@H](CO)NC(=O)[C@@H](NC(=O)[C@@](C)(Cc2c(F)cccc2F)NC(=O)[C@@H](NC(=O)CNC(=O)[C@H](CCC(=O)O)NC(=O)[C@@]2(C)CCCN2C(=O)[C@H](Cc2c[nH]cn2)NC(=O)[C@H](C)O)[C@@H](C)O)[C@@H](C)O)C(=O)N[C@@H](Cc2ccc(-c3ccccc3C)nc2)C(N)=O)cc1. The molecule has 1 saturated heterocycles. The Morgan fingerprint density at radius 1 is 0.653 bits per heavy atom. The Kier molecular flexibility index (Phi) is 33.1. The number of aliphatic hydroxyl groups is 4. The second kappa shape index (κ2) is 42.3. The van der Waals surface area contributed by atoms with Crippen LogP contribution in [0.15, 0.2) is 116 Å². The van der Waals surface area contributed by atoms with Crippen molar-refractivity contribution in [1.29, 1.82) is 0 Å². The first-order valence-corrected chi connectivity index (χ1v) is 37.7. The molecule has 12 amide bonds. The number of nitrogens with one attached hydrogen (secondary N) is 11. The van der Waals surface area contributed by atoms with E-state index in [1.165, 1.54) is 39.7 Å². The van der Waals surface area contributed by atoms with Gasteiger partial charge in [-0.15, -0.1) is 0 Å². The van der Waals surface area contributed by atoms with Gasteiger partial charge in [0.05, 0.1) is 56.6 Å². The molecule has 4 aromatic carbocycles. The molecule has 36 nitrogen and oxygen atoms in total. The van der Waals surface area contributed by atoms with E-state index in [4.69, 9.17) is 10.5 Å². The summed E-state index contributed by atoms with van der Waals surface area (Å²) in [7, 11) is 1.53. The maximum absolute atomic E-state index is 15.6. The number of primary amides is 1. The van der Waals surface area contributed by atoms with Gasteiger partial charge in [0.1, 0.15) is 82.9 Å². The lowest BCUT2D eigenvalue weighted by atomic mass is 9.89. The normalized spacial score (nSPS) is 16.4. The number of methoxy groups -OCH3 is 1. The van der Waals surface area contributed by atoms with Gasteiger partial charge in [-0.1, -0.05) is 73.7 Å². The minimum atomic E-state index is -2.70. The van der Waals surface area contributed by atoms with Gasteiger partial charge in [0.15, 0.2) is 0 Å². The van der Waals surface area contributed by atoms with E-state index in [0.29, 0.717) is 34.7 Å². The first-order valence-electron chi connectivity index (χ1n) is 37.7. The number of likely N-dealkylation sites (tertiary alicyclic amines) is 1. The number of nitrogens with zero attached hydrogens (tertiary/aromatic N) is 3. The molecular weight excluding hydrogens is 1540 g/mol. The van der Waals surface area contributed by atoms with Crippen molar-refractivity contribution in [3.63, 3.8) is 0 Å². The number of carbonyl (C=O) groups excluding carboxylic acids is 12. The number of H-pyrrole nitrogens is 1. The number of aromatic amines is 1. The molecule has 1 fully saturated rings. The number of carbonyl (C=O) groups is 14. The van der Waals surface area contributed by atoms with Gasteiger partial charge in [0.25, 0.3) is 0 Å². The minimum Gasteiger partial charge on any atom is -0.497 e. The highest BCUT2D eigenvalue weighted by Gasteiger charge is 2.49. The molecule has 1 aliphatic heterocycles. The lowest BCUT2D eigenvalue weighted by molar-refractivity contribution is -0.148. The summed E-state index contributed by atoms with van der Waals surface area (Å²) in [4.78, 5) is 205. The standard InChI is InChI=1S/C80H99F2N15O21/c1-9-47-32-50(118-8)23-24-52(47)48-21-18-45(19-22-48)30-59(71(110)88-58(68(83)107)31-46-20-25-56(85-36-46)51-15-11-10-14-41(51)2)89-72(111)60(34-65(105)106)90-73(112)62(39-98)92-74(113)66(42(3)99)95-77(116)79(6,35-53-54(81)16-12-17-55(53)82)96-75(114)67(43(4)100)94-63(102)38-86-70(109)57(26-27-64(103)104)93-78(117)80(7)28-13-29-97(80)76(115)61(91-69(108)44(5)101)33-49-37-84-40-87-49/h10-12,14-25,32,36-37,40,42-44,57-62,66-67,98-101H,9,13,26-31,33-35,38-39H2,1-8H3,(H2,83,107)(H,84,87)(H,86,109)(H,88,110)(H,89,111)(H,90,112)(H,91,108)(H,92,113)(H,93,117)(H,94,102)(H,95,116)(H,96,114)(H,103,104)(H,105,106)/t42-,43-,44+,57+,58+,59+,60+,61+,62+,66+,67+,79-,80-/m1/s1. The Labute approximate surface area is 676 Å². The van der Waals surface area contributed by atoms with Crippen LogP contribution in [-0.2, 0) is 99.2 Å². The molecule has 0 bridgehead atoms. The summed E-state index contributed by atoms with van der Waals surface area (Å²) < 4.78 is 36.6. The van der Waals surface area contributed by atoms with Crippen LogP contribution in [0.25, 0.3) is 22.4 Å². The highest BCUT2D eigenvalue weighted by atomic mass is 19.1. The maximum Gasteiger partial charge on any atom is 0.305 e. The number of ether oxygens (including phenoxy) is 1. The van der Waals surface area contributed by atoms with Crippen molar-refractivity contribution in [1.82, 2.24) is 73.0 Å². The summed E-state index contributed by atoms with van der Waals surface area (Å²) in [5, 5.41) is 85.2. The van der Waals surface area contributed by atoms with E-state index >= 15 is 8.78 Å². The van der Waals surface area contributed by atoms with Crippen LogP contribution >= 0.6 is 0 Å². The summed E-state index contributed by atoms with van der Waals surface area (Å²) in [6.07, 6.45) is -4.73. The molecule has 0 radical (unpaired) electrons. The third kappa shape index (κ3) is 25.2. The predicted octanol–water partition coefficient (Wildman–Crippen LogP) is -1.22. The first-order chi connectivity index (χ1) is 55.8. The molecule has 3 heterocycles. The van der Waals surface area contributed by atoms with Gasteiger partial charge >= 0.3 is 11.9 Å². The van der Waals surface area contributed by atoms with Crippen LogP contribution in [0, 0.1) is 18.6 Å². The molecule has 7 rings (SSSR count). The van der Waals surface area contributed by atoms with E-state index in [1.807, 2.05) is 50.2 Å². The monoisotopic (exact) mass is 1640 g/mol. The fourth-order valence-electron chi connectivity index (χ4n) is 13.1. The number of hydrogen-bond acceptors (Lipinski definition) is 21. The molecule has 6 aromatic rings. The van der Waals surface area contributed by atoms with Gasteiger partial charge in [-0.25, -0.2) is 13.8 Å². The van der Waals surface area contributed by atoms with E-state index in [9.17, 15) is 97.8 Å². The predicted molar refractivity (Wildman–Crippen MR) is 417 cm³/mol. The highest BCUT2D eigenvalue weighted by Crippen LogP contribution is 2.32. The van der Waals surface area contributed by atoms with E-state index in [0.717, 1.165) is 71.7 Å². The Morgan fingerprint density at radius 3 is 1.85 bits per heavy atom. The van der Waals surface area contributed by atoms with Crippen molar-refractivity contribution < 1.29 is 111 Å². The van der Waals surface area contributed by atoms with Crippen LogP contribution in [0.4, 0.5) is 8.78 Å². The van der Waals surface area contributed by atoms with Crippen LogP contribution in [-0.4, -0.2) is 238 Å². The molecule has 634 valence electrons. The van der Waals surface area contributed by atoms with Crippen molar-refractivity contribution in [3.8, 4) is 28.1 Å². The smallest absolute Gasteiger partial charge is 0.305 e. The largest absolute Gasteiger partial charge is 0.497 e. The Morgan fingerprint density at radius 2 is 1.26 bits per heavy atom. The number of amides is 12. The molecule has 19 N–H and O–H groups in total. The number of nitrogens with two attached hydrogens (primary N) is 1. The number of carboxylic acid groups (broad SMARTS) is 2. The fraction of sp³-hybridized carbons (Fsp3) is 0.425. The van der Waals surface area contributed by atoms with Gasteiger partial charge in [-0.05, 0) is 131 Å². The van der Waals surface area contributed by atoms with E-state index in [2.05, 4.69) is 68.1 Å². The number of rotatable bonds is 42. The lowest BCUT2D eigenvalue weighted by Gasteiger charge is -2.37. The van der Waals surface area contributed by atoms with Gasteiger partial charge in [0.2, 0.25) is 70.9 Å². The number of aromatic nitrogens is 3. The quantitative estimate of drug-likeness (QED) is 0.0213. The van der Waals surface area contributed by atoms with Gasteiger partial charge in [0, 0.05) is 62.2 Å². The zero-order valence-corrected chi connectivity index (χ0v) is 66.0. The molecule has 0 spiro atoms. The molecule has 1 aliphatic rings. The zero-order chi connectivity index (χ0) is 87.0. The summed E-state index contributed by atoms with van der Waals surface area (Å²) in [6, 6.07) is 10.8. The minimum absolute atomic E-state index is 0.00159. The number of pyridine rings is 1. The molecule has 2 aromatic heterocycles. The number of imidazole rings is 1. The third-order valence-electron chi connectivity index (χ3n) is 19.9. The third-order valence-corrected chi connectivity index (χ3v) is 19.9. The van der Waals surface area contributed by atoms with E-state index in [-0.39, 0.29) is 38.6 Å². The number of benzene rings is 4. The van der Waals surface area contributed by atoms with Crippen LogP contribution in [0.2, 0.25) is 0 Å². The average molecular weight is 1640 g/mol. The van der Waals surface area contributed by atoms with Gasteiger partial charge < -0.3 is 104 Å². The highest BCUT2D eigenvalue weighted by molar-refractivity contribution is 6.01. The van der Waals surface area contributed by atoms with Gasteiger partial charge in [-0.2, -0.15) is 0 Å². The molecular formula is C80H99F2N15O21. The van der Waals surface area contributed by atoms with Crippen LogP contribution < -0.4 is 63.6 Å². The summed E-state index contributed by atoms with van der Waals surface area (Å²) in [5.74, 6) is -19.5. The summed E-state index contributed by atoms with van der Waals surface area (Å²) in [6.45, 7) is 6.72. The Hall–Kier alpha value is -12.7. The van der Waals surface area contributed by atoms with Crippen molar-refractivity contribution in [2.24, 2.45) is 5.73 Å².